The Morgan fingerprint density at radius 3 is 2.50 bits per heavy atom. The van der Waals surface area contributed by atoms with Crippen LogP contribution in [0.25, 0.3) is 0 Å². The van der Waals surface area contributed by atoms with Crippen LogP contribution in [0, 0.1) is 11.3 Å². The summed E-state index contributed by atoms with van der Waals surface area (Å²) in [5, 5.41) is 20.2. The zero-order valence-corrected chi connectivity index (χ0v) is 16.8. The molecule has 156 valence electrons. The summed E-state index contributed by atoms with van der Waals surface area (Å²) in [6.45, 7) is 0.958. The molecule has 3 rings (SSSR count). The van der Waals surface area contributed by atoms with Gasteiger partial charge in [-0.25, -0.2) is 13.2 Å². The lowest BCUT2D eigenvalue weighted by Gasteiger charge is -2.15. The van der Waals surface area contributed by atoms with E-state index in [1.54, 1.807) is 0 Å². The number of rotatable bonds is 5. The van der Waals surface area contributed by atoms with E-state index in [1.165, 1.54) is 42.5 Å². The number of carbonyl (C=O) groups excluding carboxylic acids is 1. The summed E-state index contributed by atoms with van der Waals surface area (Å²) >= 11 is 0. The molecule has 30 heavy (non-hydrogen) atoms. The maximum atomic E-state index is 12.8. The zero-order valence-electron chi connectivity index (χ0n) is 16.0. The molecule has 1 aliphatic rings. The SMILES string of the molecule is N#Cc1ccc(NC(=O)c2ccc(S(=O)(=O)C3CCCOCC3)cc2)c(C(=O)O)c1. The second-order valence-electron chi connectivity index (χ2n) is 6.87. The number of anilines is 1. The minimum Gasteiger partial charge on any atom is -0.478 e. The van der Waals surface area contributed by atoms with Crippen molar-refractivity contribution in [2.24, 2.45) is 0 Å². The highest BCUT2D eigenvalue weighted by atomic mass is 32.2. The average Bonchev–Trinajstić information content (AvgIpc) is 3.04. The highest BCUT2D eigenvalue weighted by Gasteiger charge is 2.28. The number of hydrogen-bond acceptors (Lipinski definition) is 6. The normalized spacial score (nSPS) is 16.8. The van der Waals surface area contributed by atoms with Gasteiger partial charge in [0, 0.05) is 18.8 Å². The van der Waals surface area contributed by atoms with E-state index in [0.29, 0.717) is 32.5 Å². The summed E-state index contributed by atoms with van der Waals surface area (Å²) in [6, 6.07) is 11.3. The lowest BCUT2D eigenvalue weighted by Crippen LogP contribution is -2.22. The van der Waals surface area contributed by atoms with Gasteiger partial charge < -0.3 is 15.2 Å². The Hall–Kier alpha value is -3.22. The molecule has 0 saturated carbocycles. The topological polar surface area (TPSA) is 134 Å². The number of hydrogen-bond donors (Lipinski definition) is 2. The van der Waals surface area contributed by atoms with Gasteiger partial charge in [-0.15, -0.1) is 0 Å². The smallest absolute Gasteiger partial charge is 0.337 e. The number of benzene rings is 2. The third-order valence-electron chi connectivity index (χ3n) is 4.91. The van der Waals surface area contributed by atoms with Crippen LogP contribution in [0.3, 0.4) is 0 Å². The predicted molar refractivity (Wildman–Crippen MR) is 108 cm³/mol. The van der Waals surface area contributed by atoms with Crippen LogP contribution in [0.5, 0.6) is 0 Å². The first-order chi connectivity index (χ1) is 14.3. The van der Waals surface area contributed by atoms with E-state index in [4.69, 9.17) is 10.00 Å². The summed E-state index contributed by atoms with van der Waals surface area (Å²) < 4.78 is 31.0. The summed E-state index contributed by atoms with van der Waals surface area (Å²) in [5.41, 5.74) is 0.168. The van der Waals surface area contributed by atoms with Gasteiger partial charge >= 0.3 is 5.97 Å². The minimum absolute atomic E-state index is 0.0432. The second kappa shape index (κ2) is 9.07. The molecule has 1 saturated heterocycles. The number of carboxylic acids is 1. The van der Waals surface area contributed by atoms with Crippen molar-refractivity contribution in [1.29, 1.82) is 5.26 Å². The Bertz CT molecular complexity index is 1100. The van der Waals surface area contributed by atoms with Crippen LogP contribution in [0.2, 0.25) is 0 Å². The molecule has 2 aromatic carbocycles. The standard InChI is InChI=1S/C21H20N2O6S/c22-13-14-3-8-19(18(12-14)21(25)26)23-20(24)15-4-6-17(7-5-15)30(27,28)16-2-1-10-29-11-9-16/h3-8,12,16H,1-2,9-11H2,(H,23,24)(H,25,26). The first-order valence-corrected chi connectivity index (χ1v) is 10.9. The maximum Gasteiger partial charge on any atom is 0.337 e. The van der Waals surface area contributed by atoms with E-state index >= 15 is 0 Å². The lowest BCUT2D eigenvalue weighted by molar-refractivity contribution is 0.0698. The highest BCUT2D eigenvalue weighted by Crippen LogP contribution is 2.25. The van der Waals surface area contributed by atoms with Crippen LogP contribution >= 0.6 is 0 Å². The van der Waals surface area contributed by atoms with Crippen molar-refractivity contribution in [1.82, 2.24) is 0 Å². The Morgan fingerprint density at radius 1 is 1.10 bits per heavy atom. The number of aromatic carboxylic acids is 1. The van der Waals surface area contributed by atoms with Crippen molar-refractivity contribution >= 4 is 27.4 Å². The molecule has 0 radical (unpaired) electrons. The molecule has 9 heteroatoms. The second-order valence-corrected chi connectivity index (χ2v) is 9.09. The molecular formula is C21H20N2O6S. The summed E-state index contributed by atoms with van der Waals surface area (Å²) in [4.78, 5) is 24.1. The fourth-order valence-electron chi connectivity index (χ4n) is 3.27. The Labute approximate surface area is 174 Å². The van der Waals surface area contributed by atoms with Crippen molar-refractivity contribution in [2.45, 2.75) is 29.4 Å². The van der Waals surface area contributed by atoms with E-state index in [1.807, 2.05) is 6.07 Å². The fraction of sp³-hybridized carbons (Fsp3) is 0.286. The van der Waals surface area contributed by atoms with E-state index in [-0.39, 0.29) is 27.3 Å². The van der Waals surface area contributed by atoms with Crippen molar-refractivity contribution in [3.8, 4) is 6.07 Å². The van der Waals surface area contributed by atoms with Gasteiger partial charge in [0.1, 0.15) is 0 Å². The number of ether oxygens (including phenoxy) is 1. The lowest BCUT2D eigenvalue weighted by atomic mass is 10.1. The molecule has 1 unspecified atom stereocenters. The van der Waals surface area contributed by atoms with Gasteiger partial charge in [0.25, 0.3) is 5.91 Å². The molecular weight excluding hydrogens is 408 g/mol. The molecule has 0 aromatic heterocycles. The number of nitriles is 1. The largest absolute Gasteiger partial charge is 0.478 e. The van der Waals surface area contributed by atoms with Gasteiger partial charge in [-0.3, -0.25) is 4.79 Å². The molecule has 0 bridgehead atoms. The van der Waals surface area contributed by atoms with E-state index < -0.39 is 27.0 Å². The summed E-state index contributed by atoms with van der Waals surface area (Å²) in [6.07, 6.45) is 1.64. The molecule has 1 heterocycles. The van der Waals surface area contributed by atoms with Crippen LogP contribution < -0.4 is 5.32 Å². The summed E-state index contributed by atoms with van der Waals surface area (Å²) in [7, 11) is -3.53. The van der Waals surface area contributed by atoms with Gasteiger partial charge in [-0.05, 0) is 61.7 Å². The monoisotopic (exact) mass is 428 g/mol. The number of nitrogens with zero attached hydrogens (tertiary/aromatic N) is 1. The van der Waals surface area contributed by atoms with Crippen molar-refractivity contribution in [2.75, 3.05) is 18.5 Å². The molecule has 1 atom stereocenters. The first kappa shape index (κ1) is 21.5. The van der Waals surface area contributed by atoms with E-state index in [9.17, 15) is 23.1 Å². The summed E-state index contributed by atoms with van der Waals surface area (Å²) in [5.74, 6) is -1.87. The van der Waals surface area contributed by atoms with Crippen LogP contribution in [-0.4, -0.2) is 43.9 Å². The number of carbonyl (C=O) groups is 2. The predicted octanol–water partition coefficient (Wildman–Crippen LogP) is 2.85. The molecule has 8 nitrogen and oxygen atoms in total. The minimum atomic E-state index is -3.53. The van der Waals surface area contributed by atoms with Crippen molar-refractivity contribution in [3.05, 3.63) is 59.2 Å². The zero-order chi connectivity index (χ0) is 21.7. The van der Waals surface area contributed by atoms with Gasteiger partial charge in [-0.1, -0.05) is 0 Å². The number of carboxylic acid groups (broad SMARTS) is 1. The highest BCUT2D eigenvalue weighted by molar-refractivity contribution is 7.92. The number of sulfone groups is 1. The third kappa shape index (κ3) is 4.67. The van der Waals surface area contributed by atoms with Crippen LogP contribution in [-0.2, 0) is 14.6 Å². The first-order valence-electron chi connectivity index (χ1n) is 9.33. The Balaban J connectivity index is 1.79. The maximum absolute atomic E-state index is 12.8. The molecule has 1 amide bonds. The molecule has 0 spiro atoms. The van der Waals surface area contributed by atoms with E-state index in [2.05, 4.69) is 5.32 Å². The van der Waals surface area contributed by atoms with Gasteiger partial charge in [0.15, 0.2) is 9.84 Å². The molecule has 2 aromatic rings. The Kier molecular flexibility index (Phi) is 6.50. The van der Waals surface area contributed by atoms with Crippen molar-refractivity contribution in [3.63, 3.8) is 0 Å². The van der Waals surface area contributed by atoms with Crippen molar-refractivity contribution < 1.29 is 27.9 Å². The van der Waals surface area contributed by atoms with Crippen LogP contribution in [0.1, 0.15) is 45.5 Å². The fourth-order valence-corrected chi connectivity index (χ4v) is 5.05. The average molecular weight is 428 g/mol. The van der Waals surface area contributed by atoms with Gasteiger partial charge in [0.2, 0.25) is 0 Å². The van der Waals surface area contributed by atoms with Crippen LogP contribution in [0.15, 0.2) is 47.4 Å². The number of amides is 1. The number of nitrogens with one attached hydrogen (secondary N) is 1. The molecule has 1 fully saturated rings. The Morgan fingerprint density at radius 2 is 1.83 bits per heavy atom. The quantitative estimate of drug-likeness (QED) is 0.748. The van der Waals surface area contributed by atoms with Gasteiger partial charge in [0.05, 0.1) is 33.0 Å². The molecule has 0 aliphatic carbocycles. The molecule has 1 aliphatic heterocycles. The molecule has 2 N–H and O–H groups in total. The van der Waals surface area contributed by atoms with E-state index in [0.717, 1.165) is 0 Å². The van der Waals surface area contributed by atoms with Gasteiger partial charge in [-0.2, -0.15) is 5.26 Å². The third-order valence-corrected chi connectivity index (χ3v) is 7.19. The van der Waals surface area contributed by atoms with Crippen LogP contribution in [0.4, 0.5) is 5.69 Å².